The Morgan fingerprint density at radius 2 is 1.72 bits per heavy atom. The highest BCUT2D eigenvalue weighted by Crippen LogP contribution is 2.40. The monoisotopic (exact) mass is 523 g/mol. The van der Waals surface area contributed by atoms with Crippen LogP contribution in [0.2, 0.25) is 0 Å². The predicted molar refractivity (Wildman–Crippen MR) is 146 cm³/mol. The number of amides is 1. The van der Waals surface area contributed by atoms with E-state index in [0.29, 0.717) is 43.0 Å². The number of nitrogens with zero attached hydrogens (tertiary/aromatic N) is 3. The van der Waals surface area contributed by atoms with Gasteiger partial charge in [0.25, 0.3) is 11.7 Å². The number of aryl methyl sites for hydroxylation is 2. The van der Waals surface area contributed by atoms with Crippen LogP contribution in [-0.4, -0.2) is 42.9 Å². The van der Waals surface area contributed by atoms with E-state index < -0.39 is 17.7 Å². The summed E-state index contributed by atoms with van der Waals surface area (Å²) in [6, 6.07) is 20.3. The quantitative estimate of drug-likeness (QED) is 0.182. The molecule has 1 aliphatic rings. The zero-order valence-electron chi connectivity index (χ0n) is 21.5. The van der Waals surface area contributed by atoms with E-state index in [9.17, 15) is 19.8 Å². The predicted octanol–water partition coefficient (Wildman–Crippen LogP) is 4.99. The number of hydrogen-bond donors (Lipinski definition) is 2. The molecular weight excluding hydrogens is 494 g/mol. The Balaban J connectivity index is 1.41. The van der Waals surface area contributed by atoms with Gasteiger partial charge in [0, 0.05) is 31.0 Å². The molecule has 1 atom stereocenters. The lowest BCUT2D eigenvalue weighted by molar-refractivity contribution is -0.139. The molecule has 1 fully saturated rings. The summed E-state index contributed by atoms with van der Waals surface area (Å²) in [6.07, 6.45) is 5.80. The SMILES string of the molecule is Cc1ccccc1COc1ccc(/C(O)=C2\C(=O)C(=O)N(CCCn3ccnc3)[C@H]2c2ccc(O)cc2)cc1. The number of carbonyl (C=O) groups is 2. The summed E-state index contributed by atoms with van der Waals surface area (Å²) in [5, 5.41) is 21.1. The fourth-order valence-electron chi connectivity index (χ4n) is 4.75. The molecule has 0 saturated carbocycles. The number of phenols is 1. The number of ether oxygens (including phenoxy) is 1. The minimum absolute atomic E-state index is 0.0156. The van der Waals surface area contributed by atoms with Crippen LogP contribution >= 0.6 is 0 Å². The zero-order valence-corrected chi connectivity index (χ0v) is 21.5. The summed E-state index contributed by atoms with van der Waals surface area (Å²) in [5.41, 5.74) is 3.25. The number of Topliss-reactive ketones (excluding diaryl/α,β-unsaturated/α-hetero) is 1. The molecule has 1 amide bonds. The molecule has 0 unspecified atom stereocenters. The van der Waals surface area contributed by atoms with Crippen LogP contribution in [0.1, 0.15) is 34.7 Å². The third kappa shape index (κ3) is 5.55. The van der Waals surface area contributed by atoms with Gasteiger partial charge in [0.1, 0.15) is 23.9 Å². The highest BCUT2D eigenvalue weighted by atomic mass is 16.5. The Bertz CT molecular complexity index is 1490. The molecule has 39 heavy (non-hydrogen) atoms. The van der Waals surface area contributed by atoms with Gasteiger partial charge in [-0.15, -0.1) is 0 Å². The molecule has 5 rings (SSSR count). The third-order valence-corrected chi connectivity index (χ3v) is 6.91. The van der Waals surface area contributed by atoms with E-state index in [1.165, 1.54) is 17.0 Å². The molecule has 4 aromatic rings. The maximum Gasteiger partial charge on any atom is 0.295 e. The molecule has 2 N–H and O–H groups in total. The van der Waals surface area contributed by atoms with E-state index in [2.05, 4.69) is 4.98 Å². The van der Waals surface area contributed by atoms with Crippen LogP contribution in [0.15, 0.2) is 97.1 Å². The molecule has 0 spiro atoms. The number of benzene rings is 3. The lowest BCUT2D eigenvalue weighted by Crippen LogP contribution is -2.31. The lowest BCUT2D eigenvalue weighted by Gasteiger charge is -2.25. The van der Waals surface area contributed by atoms with E-state index in [4.69, 9.17) is 4.74 Å². The van der Waals surface area contributed by atoms with Crippen molar-refractivity contribution in [2.45, 2.75) is 32.5 Å². The molecule has 8 nitrogen and oxygen atoms in total. The molecule has 8 heteroatoms. The molecule has 1 saturated heterocycles. The fourth-order valence-corrected chi connectivity index (χ4v) is 4.75. The molecule has 2 heterocycles. The van der Waals surface area contributed by atoms with Crippen molar-refractivity contribution in [2.75, 3.05) is 6.54 Å². The van der Waals surface area contributed by atoms with E-state index in [1.54, 1.807) is 48.9 Å². The second-order valence-electron chi connectivity index (χ2n) is 9.48. The molecule has 1 aliphatic heterocycles. The average Bonchev–Trinajstić information content (AvgIpc) is 3.55. The van der Waals surface area contributed by atoms with E-state index in [0.717, 1.165) is 11.1 Å². The van der Waals surface area contributed by atoms with Gasteiger partial charge in [0.15, 0.2) is 0 Å². The number of ketones is 1. The second-order valence-corrected chi connectivity index (χ2v) is 9.48. The number of aromatic hydroxyl groups is 1. The molecule has 0 aliphatic carbocycles. The number of hydrogen-bond acceptors (Lipinski definition) is 6. The van der Waals surface area contributed by atoms with Gasteiger partial charge in [0.05, 0.1) is 17.9 Å². The van der Waals surface area contributed by atoms with Gasteiger partial charge in [-0.05, 0) is 66.4 Å². The van der Waals surface area contributed by atoms with Crippen LogP contribution in [0.5, 0.6) is 11.5 Å². The van der Waals surface area contributed by atoms with Gasteiger partial charge in [0.2, 0.25) is 0 Å². The van der Waals surface area contributed by atoms with Gasteiger partial charge in [-0.2, -0.15) is 0 Å². The van der Waals surface area contributed by atoms with Gasteiger partial charge >= 0.3 is 0 Å². The fraction of sp³-hybridized carbons (Fsp3) is 0.194. The largest absolute Gasteiger partial charge is 0.508 e. The van der Waals surface area contributed by atoms with Crippen LogP contribution in [-0.2, 0) is 22.7 Å². The lowest BCUT2D eigenvalue weighted by atomic mass is 9.95. The number of aliphatic hydroxyl groups excluding tert-OH is 1. The average molecular weight is 524 g/mol. The Morgan fingerprint density at radius 1 is 0.974 bits per heavy atom. The number of aliphatic hydroxyl groups is 1. The maximum absolute atomic E-state index is 13.2. The van der Waals surface area contributed by atoms with Crippen LogP contribution in [0, 0.1) is 6.92 Å². The normalized spacial score (nSPS) is 16.5. The van der Waals surface area contributed by atoms with Gasteiger partial charge in [-0.3, -0.25) is 9.59 Å². The number of carbonyl (C=O) groups excluding carboxylic acids is 2. The van der Waals surface area contributed by atoms with Crippen molar-refractivity contribution in [2.24, 2.45) is 0 Å². The molecule has 0 radical (unpaired) electrons. The van der Waals surface area contributed by atoms with E-state index in [-0.39, 0.29) is 17.1 Å². The highest BCUT2D eigenvalue weighted by Gasteiger charge is 2.45. The number of rotatable bonds is 9. The van der Waals surface area contributed by atoms with Gasteiger partial charge in [-0.25, -0.2) is 4.98 Å². The number of aromatic nitrogens is 2. The Hall–Kier alpha value is -4.85. The summed E-state index contributed by atoms with van der Waals surface area (Å²) >= 11 is 0. The van der Waals surface area contributed by atoms with Crippen molar-refractivity contribution in [3.8, 4) is 11.5 Å². The minimum Gasteiger partial charge on any atom is -0.508 e. The Labute approximate surface area is 226 Å². The number of phenolic OH excluding ortho intramolecular Hbond substituents is 1. The Kier molecular flexibility index (Phi) is 7.45. The first-order valence-electron chi connectivity index (χ1n) is 12.7. The van der Waals surface area contributed by atoms with E-state index >= 15 is 0 Å². The zero-order chi connectivity index (χ0) is 27.4. The first-order chi connectivity index (χ1) is 18.9. The first-order valence-corrected chi connectivity index (χ1v) is 12.7. The van der Waals surface area contributed by atoms with Gasteiger partial charge in [-0.1, -0.05) is 36.4 Å². The first kappa shape index (κ1) is 25.8. The van der Waals surface area contributed by atoms with Crippen molar-refractivity contribution in [1.29, 1.82) is 0 Å². The van der Waals surface area contributed by atoms with E-state index in [1.807, 2.05) is 42.0 Å². The topological polar surface area (TPSA) is 105 Å². The maximum atomic E-state index is 13.2. The van der Waals surface area contributed by atoms with Crippen molar-refractivity contribution < 1.29 is 24.5 Å². The second kappa shape index (κ2) is 11.3. The summed E-state index contributed by atoms with van der Waals surface area (Å²) in [6.45, 7) is 3.35. The van der Waals surface area contributed by atoms with Gasteiger partial charge < -0.3 is 24.4 Å². The number of imidazole rings is 1. The highest BCUT2D eigenvalue weighted by molar-refractivity contribution is 6.46. The molecule has 0 bridgehead atoms. The van der Waals surface area contributed by atoms with Crippen molar-refractivity contribution in [3.05, 3.63) is 119 Å². The summed E-state index contributed by atoms with van der Waals surface area (Å²) in [5.74, 6) is -0.984. The van der Waals surface area contributed by atoms with Crippen molar-refractivity contribution in [1.82, 2.24) is 14.5 Å². The molecule has 198 valence electrons. The Morgan fingerprint density at radius 3 is 2.41 bits per heavy atom. The molecular formula is C31H29N3O5. The standard InChI is InChI=1S/C31H29N3O5/c1-21-5-2-3-6-24(21)19-39-26-13-9-23(10-14-26)29(36)27-28(22-7-11-25(35)12-8-22)34(31(38)30(27)37)17-4-16-33-18-15-32-20-33/h2-3,5-15,18,20,28,35-36H,4,16-17,19H2,1H3/b29-27+/t28-/m0/s1. The molecule has 3 aromatic carbocycles. The van der Waals surface area contributed by atoms with Crippen molar-refractivity contribution >= 4 is 17.4 Å². The van der Waals surface area contributed by atoms with Crippen LogP contribution in [0.25, 0.3) is 5.76 Å². The third-order valence-electron chi connectivity index (χ3n) is 6.91. The minimum atomic E-state index is -0.787. The smallest absolute Gasteiger partial charge is 0.295 e. The summed E-state index contributed by atoms with van der Waals surface area (Å²) < 4.78 is 7.81. The van der Waals surface area contributed by atoms with Crippen LogP contribution in [0.4, 0.5) is 0 Å². The number of likely N-dealkylation sites (tertiary alicyclic amines) is 1. The van der Waals surface area contributed by atoms with Crippen molar-refractivity contribution in [3.63, 3.8) is 0 Å². The summed E-state index contributed by atoms with van der Waals surface area (Å²) in [7, 11) is 0. The van der Waals surface area contributed by atoms with Crippen LogP contribution in [0.3, 0.4) is 0 Å². The molecule has 1 aromatic heterocycles. The van der Waals surface area contributed by atoms with Crippen LogP contribution < -0.4 is 4.74 Å². The summed E-state index contributed by atoms with van der Waals surface area (Å²) in [4.78, 5) is 31.9.